The van der Waals surface area contributed by atoms with Crippen LogP contribution >= 0.6 is 0 Å². The van der Waals surface area contributed by atoms with E-state index in [1.54, 1.807) is 0 Å². The number of hydrogen-bond acceptors (Lipinski definition) is 2. The van der Waals surface area contributed by atoms with Crippen molar-refractivity contribution in [3.05, 3.63) is 0 Å². The van der Waals surface area contributed by atoms with Gasteiger partial charge in [0, 0.05) is 32.2 Å². The van der Waals surface area contributed by atoms with Crippen LogP contribution in [0.1, 0.15) is 59.3 Å². The Morgan fingerprint density at radius 2 is 2.05 bits per heavy atom. The highest BCUT2D eigenvalue weighted by molar-refractivity contribution is 5.79. The molecule has 20 heavy (non-hydrogen) atoms. The Balaban J connectivity index is 2.15. The molecule has 1 saturated carbocycles. The minimum Gasteiger partial charge on any atom is -0.355 e. The van der Waals surface area contributed by atoms with Crippen molar-refractivity contribution in [3.8, 4) is 0 Å². The fourth-order valence-electron chi connectivity index (χ4n) is 2.56. The third-order valence-corrected chi connectivity index (χ3v) is 4.01. The molecule has 1 aliphatic carbocycles. The van der Waals surface area contributed by atoms with E-state index in [-0.39, 0.29) is 0 Å². The molecule has 1 atom stereocenters. The molecular weight excluding hydrogens is 248 g/mol. The number of nitrogens with one attached hydrogen (secondary N) is 2. The Morgan fingerprint density at radius 3 is 2.60 bits per heavy atom. The second-order valence-corrected chi connectivity index (χ2v) is 5.90. The standard InChI is InChI=1S/C16H34N4/c1-5-7-8-9-14(3)19-16(17-4)18-12-13-20(6-2)15-10-11-15/h14-15H,5-13H2,1-4H3,(H2,17,18,19). The first kappa shape index (κ1) is 17.3. The molecule has 1 unspecified atom stereocenters. The highest BCUT2D eigenvalue weighted by Gasteiger charge is 2.27. The van der Waals surface area contributed by atoms with Crippen molar-refractivity contribution in [2.24, 2.45) is 4.99 Å². The molecule has 0 bridgehead atoms. The van der Waals surface area contributed by atoms with Crippen LogP contribution in [0.15, 0.2) is 4.99 Å². The third kappa shape index (κ3) is 7.13. The summed E-state index contributed by atoms with van der Waals surface area (Å²) >= 11 is 0. The lowest BCUT2D eigenvalue weighted by Gasteiger charge is -2.22. The van der Waals surface area contributed by atoms with Gasteiger partial charge in [0.25, 0.3) is 0 Å². The third-order valence-electron chi connectivity index (χ3n) is 4.01. The van der Waals surface area contributed by atoms with Crippen LogP contribution in [0.3, 0.4) is 0 Å². The molecule has 0 aromatic carbocycles. The maximum Gasteiger partial charge on any atom is 0.191 e. The van der Waals surface area contributed by atoms with Crippen LogP contribution in [-0.4, -0.2) is 49.6 Å². The molecule has 0 spiro atoms. The van der Waals surface area contributed by atoms with E-state index in [0.717, 1.165) is 31.6 Å². The summed E-state index contributed by atoms with van der Waals surface area (Å²) in [6.07, 6.45) is 7.90. The number of hydrogen-bond donors (Lipinski definition) is 2. The molecule has 1 aliphatic rings. The van der Waals surface area contributed by atoms with Gasteiger partial charge in [0.15, 0.2) is 5.96 Å². The Morgan fingerprint density at radius 1 is 1.30 bits per heavy atom. The van der Waals surface area contributed by atoms with E-state index in [2.05, 4.69) is 41.3 Å². The summed E-state index contributed by atoms with van der Waals surface area (Å²) < 4.78 is 0. The van der Waals surface area contributed by atoms with Gasteiger partial charge in [-0.1, -0.05) is 33.1 Å². The molecule has 2 N–H and O–H groups in total. The Bertz CT molecular complexity index is 274. The highest BCUT2D eigenvalue weighted by atomic mass is 15.2. The largest absolute Gasteiger partial charge is 0.355 e. The van der Waals surface area contributed by atoms with E-state index in [9.17, 15) is 0 Å². The van der Waals surface area contributed by atoms with E-state index in [1.807, 2.05) is 7.05 Å². The zero-order valence-corrected chi connectivity index (χ0v) is 13.9. The van der Waals surface area contributed by atoms with Crippen LogP contribution in [0.25, 0.3) is 0 Å². The van der Waals surface area contributed by atoms with Crippen molar-refractivity contribution in [1.82, 2.24) is 15.5 Å². The first-order valence-electron chi connectivity index (χ1n) is 8.42. The first-order valence-corrected chi connectivity index (χ1v) is 8.42. The Hall–Kier alpha value is -0.770. The van der Waals surface area contributed by atoms with Crippen molar-refractivity contribution >= 4 is 5.96 Å². The van der Waals surface area contributed by atoms with Crippen LogP contribution in [0.5, 0.6) is 0 Å². The second-order valence-electron chi connectivity index (χ2n) is 5.90. The summed E-state index contributed by atoms with van der Waals surface area (Å²) in [5, 5.41) is 6.92. The van der Waals surface area contributed by atoms with Crippen molar-refractivity contribution in [1.29, 1.82) is 0 Å². The summed E-state index contributed by atoms with van der Waals surface area (Å²) in [5.41, 5.74) is 0. The molecule has 118 valence electrons. The molecule has 4 heteroatoms. The fourth-order valence-corrected chi connectivity index (χ4v) is 2.56. The van der Waals surface area contributed by atoms with Crippen molar-refractivity contribution < 1.29 is 0 Å². The summed E-state index contributed by atoms with van der Waals surface area (Å²) in [4.78, 5) is 6.88. The quantitative estimate of drug-likeness (QED) is 0.367. The molecule has 0 aromatic heterocycles. The van der Waals surface area contributed by atoms with Gasteiger partial charge in [0.1, 0.15) is 0 Å². The maximum atomic E-state index is 4.32. The molecule has 1 fully saturated rings. The van der Waals surface area contributed by atoms with Gasteiger partial charge in [-0.15, -0.1) is 0 Å². The fraction of sp³-hybridized carbons (Fsp3) is 0.938. The molecule has 4 nitrogen and oxygen atoms in total. The highest BCUT2D eigenvalue weighted by Crippen LogP contribution is 2.25. The lowest BCUT2D eigenvalue weighted by Crippen LogP contribution is -2.45. The number of likely N-dealkylation sites (N-methyl/N-ethyl adjacent to an activating group) is 1. The SMILES string of the molecule is CCCCCC(C)NC(=NC)NCCN(CC)C1CC1. The number of unbranched alkanes of at least 4 members (excludes halogenated alkanes) is 2. The van der Waals surface area contributed by atoms with Gasteiger partial charge in [0.05, 0.1) is 0 Å². The van der Waals surface area contributed by atoms with Crippen LogP contribution in [-0.2, 0) is 0 Å². The van der Waals surface area contributed by atoms with E-state index >= 15 is 0 Å². The topological polar surface area (TPSA) is 39.7 Å². The van der Waals surface area contributed by atoms with Crippen LogP contribution < -0.4 is 10.6 Å². The van der Waals surface area contributed by atoms with Crippen molar-refractivity contribution in [3.63, 3.8) is 0 Å². The number of rotatable bonds is 10. The lowest BCUT2D eigenvalue weighted by atomic mass is 10.1. The molecule has 0 heterocycles. The molecule has 0 aromatic rings. The monoisotopic (exact) mass is 282 g/mol. The van der Waals surface area contributed by atoms with Gasteiger partial charge in [-0.05, 0) is 32.7 Å². The van der Waals surface area contributed by atoms with Gasteiger partial charge < -0.3 is 10.6 Å². The average molecular weight is 282 g/mol. The van der Waals surface area contributed by atoms with E-state index < -0.39 is 0 Å². The van der Waals surface area contributed by atoms with Crippen LogP contribution in [0, 0.1) is 0 Å². The molecule has 0 saturated heterocycles. The minimum absolute atomic E-state index is 0.499. The van der Waals surface area contributed by atoms with Gasteiger partial charge >= 0.3 is 0 Å². The van der Waals surface area contributed by atoms with E-state index in [1.165, 1.54) is 38.5 Å². The molecule has 1 rings (SSSR count). The van der Waals surface area contributed by atoms with Gasteiger partial charge in [-0.25, -0.2) is 0 Å². The predicted molar refractivity (Wildman–Crippen MR) is 88.4 cm³/mol. The van der Waals surface area contributed by atoms with Gasteiger partial charge in [-0.2, -0.15) is 0 Å². The van der Waals surface area contributed by atoms with Gasteiger partial charge in [0.2, 0.25) is 0 Å². The van der Waals surface area contributed by atoms with E-state index in [4.69, 9.17) is 0 Å². The number of nitrogens with zero attached hydrogens (tertiary/aromatic N) is 2. The molecule has 0 aliphatic heterocycles. The zero-order chi connectivity index (χ0) is 14.8. The maximum absolute atomic E-state index is 4.32. The second kappa shape index (κ2) is 10.0. The average Bonchev–Trinajstić information content (AvgIpc) is 3.27. The van der Waals surface area contributed by atoms with Crippen molar-refractivity contribution in [2.45, 2.75) is 71.4 Å². The van der Waals surface area contributed by atoms with E-state index in [0.29, 0.717) is 6.04 Å². The van der Waals surface area contributed by atoms with Crippen LogP contribution in [0.4, 0.5) is 0 Å². The molecule has 0 amide bonds. The van der Waals surface area contributed by atoms with Crippen LogP contribution in [0.2, 0.25) is 0 Å². The molecule has 0 radical (unpaired) electrons. The predicted octanol–water partition coefficient (Wildman–Crippen LogP) is 2.60. The number of guanidine groups is 1. The first-order chi connectivity index (χ1) is 9.71. The number of aliphatic imine (C=N–C) groups is 1. The lowest BCUT2D eigenvalue weighted by molar-refractivity contribution is 0.282. The smallest absolute Gasteiger partial charge is 0.191 e. The minimum atomic E-state index is 0.499. The Labute approximate surface area is 125 Å². The summed E-state index contributed by atoms with van der Waals surface area (Å²) in [6, 6.07) is 1.35. The van der Waals surface area contributed by atoms with Gasteiger partial charge in [-0.3, -0.25) is 9.89 Å². The molecular formula is C16H34N4. The normalized spacial score (nSPS) is 17.4. The summed E-state index contributed by atoms with van der Waals surface area (Å²) in [7, 11) is 1.85. The summed E-state index contributed by atoms with van der Waals surface area (Å²) in [5.74, 6) is 0.945. The Kier molecular flexibility index (Phi) is 8.67. The summed E-state index contributed by atoms with van der Waals surface area (Å²) in [6.45, 7) is 9.99. The van der Waals surface area contributed by atoms with Crippen molar-refractivity contribution in [2.75, 3.05) is 26.7 Å². The zero-order valence-electron chi connectivity index (χ0n) is 13.9.